The molecule has 3 rings (SSSR count). The molecule has 0 saturated carbocycles. The quantitative estimate of drug-likeness (QED) is 0.813. The van der Waals surface area contributed by atoms with Gasteiger partial charge in [0, 0.05) is 22.0 Å². The number of rotatable bonds is 2. The van der Waals surface area contributed by atoms with Crippen molar-refractivity contribution in [2.24, 2.45) is 0 Å². The Labute approximate surface area is 124 Å². The summed E-state index contributed by atoms with van der Waals surface area (Å²) >= 11 is 3.52. The second kappa shape index (κ2) is 5.02. The third-order valence-electron chi connectivity index (χ3n) is 3.61. The van der Waals surface area contributed by atoms with E-state index in [0.29, 0.717) is 24.2 Å². The van der Waals surface area contributed by atoms with Gasteiger partial charge in [-0.05, 0) is 51.7 Å². The standard InChI is InChI=1S/C16H12BrFO2/c1-20-9-2-6-14(18)13(8-9)12-4-3-10-11(16(12)17)5-7-15(10)19/h2-4,6,8H,5,7H2,1H3. The molecule has 0 heterocycles. The minimum absolute atomic E-state index is 0.151. The highest BCUT2D eigenvalue weighted by molar-refractivity contribution is 9.10. The SMILES string of the molecule is COc1ccc(F)c(-c2ccc3c(c2Br)CCC3=O)c1. The maximum atomic E-state index is 14.1. The lowest BCUT2D eigenvalue weighted by Crippen LogP contribution is -1.94. The van der Waals surface area contributed by atoms with E-state index >= 15 is 0 Å². The van der Waals surface area contributed by atoms with Crippen LogP contribution in [0.2, 0.25) is 0 Å². The number of Topliss-reactive ketones (excluding diaryl/α,β-unsaturated/α-hetero) is 1. The van der Waals surface area contributed by atoms with E-state index < -0.39 is 0 Å². The predicted molar refractivity (Wildman–Crippen MR) is 78.7 cm³/mol. The van der Waals surface area contributed by atoms with E-state index in [1.807, 2.05) is 0 Å². The molecular formula is C16H12BrFO2. The molecule has 0 bridgehead atoms. The number of hydrogen-bond donors (Lipinski definition) is 0. The Balaban J connectivity index is 2.19. The van der Waals surface area contributed by atoms with Crippen LogP contribution >= 0.6 is 15.9 Å². The molecule has 20 heavy (non-hydrogen) atoms. The van der Waals surface area contributed by atoms with Crippen LogP contribution in [0, 0.1) is 5.82 Å². The smallest absolute Gasteiger partial charge is 0.163 e. The van der Waals surface area contributed by atoms with Crippen LogP contribution in [0.15, 0.2) is 34.8 Å². The van der Waals surface area contributed by atoms with Gasteiger partial charge in [-0.1, -0.05) is 12.1 Å². The van der Waals surface area contributed by atoms with Crippen LogP contribution in [-0.4, -0.2) is 12.9 Å². The van der Waals surface area contributed by atoms with Gasteiger partial charge in [-0.2, -0.15) is 0 Å². The van der Waals surface area contributed by atoms with Crippen LogP contribution in [0.25, 0.3) is 11.1 Å². The molecule has 0 saturated heterocycles. The van der Waals surface area contributed by atoms with Crippen LogP contribution in [0.1, 0.15) is 22.3 Å². The number of ether oxygens (including phenoxy) is 1. The third kappa shape index (κ3) is 2.04. The summed E-state index contributed by atoms with van der Waals surface area (Å²) < 4.78 is 20.0. The van der Waals surface area contributed by atoms with Gasteiger partial charge >= 0.3 is 0 Å². The molecule has 0 fully saturated rings. The Morgan fingerprint density at radius 1 is 1.10 bits per heavy atom. The first-order valence-corrected chi connectivity index (χ1v) is 7.09. The number of ketones is 1. The number of methoxy groups -OCH3 is 1. The van der Waals surface area contributed by atoms with Gasteiger partial charge in [-0.15, -0.1) is 0 Å². The zero-order valence-electron chi connectivity index (χ0n) is 10.9. The molecule has 0 aromatic heterocycles. The average molecular weight is 335 g/mol. The van der Waals surface area contributed by atoms with Crippen molar-refractivity contribution < 1.29 is 13.9 Å². The summed E-state index contributed by atoms with van der Waals surface area (Å²) in [5.41, 5.74) is 2.92. The largest absolute Gasteiger partial charge is 0.497 e. The predicted octanol–water partition coefficient (Wildman–Crippen LogP) is 4.39. The fourth-order valence-electron chi connectivity index (χ4n) is 2.55. The summed E-state index contributed by atoms with van der Waals surface area (Å²) in [6, 6.07) is 8.20. The van der Waals surface area contributed by atoms with E-state index in [9.17, 15) is 9.18 Å². The number of halogens is 2. The van der Waals surface area contributed by atoms with Gasteiger partial charge in [0.15, 0.2) is 5.78 Å². The van der Waals surface area contributed by atoms with Crippen LogP contribution < -0.4 is 4.74 Å². The lowest BCUT2D eigenvalue weighted by molar-refractivity contribution is 0.0994. The van der Waals surface area contributed by atoms with E-state index in [0.717, 1.165) is 21.2 Å². The summed E-state index contributed by atoms with van der Waals surface area (Å²) in [5, 5.41) is 0. The summed E-state index contributed by atoms with van der Waals surface area (Å²) in [4.78, 5) is 11.7. The molecule has 4 heteroatoms. The minimum atomic E-state index is -0.309. The van der Waals surface area contributed by atoms with Crippen molar-refractivity contribution >= 4 is 21.7 Å². The Morgan fingerprint density at radius 2 is 1.85 bits per heavy atom. The van der Waals surface area contributed by atoms with E-state index in [4.69, 9.17) is 4.74 Å². The molecule has 0 N–H and O–H groups in total. The molecule has 1 aliphatic rings. The second-order valence-corrected chi connectivity index (χ2v) is 5.52. The molecule has 1 aliphatic carbocycles. The van der Waals surface area contributed by atoms with Gasteiger partial charge in [0.1, 0.15) is 11.6 Å². The second-order valence-electron chi connectivity index (χ2n) is 4.72. The van der Waals surface area contributed by atoms with Gasteiger partial charge in [-0.3, -0.25) is 4.79 Å². The molecule has 2 aromatic carbocycles. The summed E-state index contributed by atoms with van der Waals surface area (Å²) in [7, 11) is 1.55. The molecule has 102 valence electrons. The number of carbonyl (C=O) groups is 1. The van der Waals surface area contributed by atoms with E-state index in [1.54, 1.807) is 31.4 Å². The van der Waals surface area contributed by atoms with Gasteiger partial charge in [-0.25, -0.2) is 4.39 Å². The molecule has 0 amide bonds. The number of benzene rings is 2. The van der Waals surface area contributed by atoms with Crippen LogP contribution in [0.4, 0.5) is 4.39 Å². The van der Waals surface area contributed by atoms with Crippen molar-refractivity contribution in [3.8, 4) is 16.9 Å². The van der Waals surface area contributed by atoms with E-state index in [1.165, 1.54) is 6.07 Å². The van der Waals surface area contributed by atoms with Gasteiger partial charge in [0.2, 0.25) is 0 Å². The average Bonchev–Trinajstić information content (AvgIpc) is 2.83. The Morgan fingerprint density at radius 3 is 2.60 bits per heavy atom. The lowest BCUT2D eigenvalue weighted by Gasteiger charge is -2.11. The van der Waals surface area contributed by atoms with Gasteiger partial charge in [0.25, 0.3) is 0 Å². The lowest BCUT2D eigenvalue weighted by atomic mass is 9.99. The zero-order chi connectivity index (χ0) is 14.3. The molecule has 0 radical (unpaired) electrons. The first-order valence-electron chi connectivity index (χ1n) is 6.30. The first kappa shape index (κ1) is 13.3. The van der Waals surface area contributed by atoms with E-state index in [2.05, 4.69) is 15.9 Å². The fourth-order valence-corrected chi connectivity index (χ4v) is 3.30. The highest BCUT2D eigenvalue weighted by Gasteiger charge is 2.24. The molecule has 0 atom stereocenters. The van der Waals surface area contributed by atoms with Crippen LogP contribution in [0.5, 0.6) is 5.75 Å². The number of carbonyl (C=O) groups excluding carboxylic acids is 1. The molecular weight excluding hydrogens is 323 g/mol. The normalized spacial score (nSPS) is 13.4. The minimum Gasteiger partial charge on any atom is -0.497 e. The summed E-state index contributed by atoms with van der Waals surface area (Å²) in [5.74, 6) is 0.444. The highest BCUT2D eigenvalue weighted by atomic mass is 79.9. The van der Waals surface area contributed by atoms with Crippen LogP contribution in [-0.2, 0) is 6.42 Å². The number of fused-ring (bicyclic) bond motifs is 1. The van der Waals surface area contributed by atoms with E-state index in [-0.39, 0.29) is 11.6 Å². The van der Waals surface area contributed by atoms with Crippen molar-refractivity contribution in [2.45, 2.75) is 12.8 Å². The highest BCUT2D eigenvalue weighted by Crippen LogP contribution is 2.38. The Bertz CT molecular complexity index is 710. The Kier molecular flexibility index (Phi) is 3.34. The van der Waals surface area contributed by atoms with Crippen molar-refractivity contribution in [3.63, 3.8) is 0 Å². The molecule has 0 aliphatic heterocycles. The Hall–Kier alpha value is -1.68. The maximum absolute atomic E-state index is 14.1. The summed E-state index contributed by atoms with van der Waals surface area (Å²) in [6.07, 6.45) is 1.23. The van der Waals surface area contributed by atoms with Crippen molar-refractivity contribution in [2.75, 3.05) is 7.11 Å². The summed E-state index contributed by atoms with van der Waals surface area (Å²) in [6.45, 7) is 0. The maximum Gasteiger partial charge on any atom is 0.163 e. The first-order chi connectivity index (χ1) is 9.61. The molecule has 0 unspecified atom stereocenters. The van der Waals surface area contributed by atoms with Gasteiger partial charge in [0.05, 0.1) is 7.11 Å². The fraction of sp³-hybridized carbons (Fsp3) is 0.188. The molecule has 2 aromatic rings. The topological polar surface area (TPSA) is 26.3 Å². The van der Waals surface area contributed by atoms with Crippen molar-refractivity contribution in [1.29, 1.82) is 0 Å². The van der Waals surface area contributed by atoms with Crippen molar-refractivity contribution in [3.05, 3.63) is 51.7 Å². The number of hydrogen-bond acceptors (Lipinski definition) is 2. The van der Waals surface area contributed by atoms with Crippen LogP contribution in [0.3, 0.4) is 0 Å². The molecule has 0 spiro atoms. The van der Waals surface area contributed by atoms with Gasteiger partial charge < -0.3 is 4.74 Å². The molecule has 2 nitrogen and oxygen atoms in total. The third-order valence-corrected chi connectivity index (χ3v) is 4.52. The monoisotopic (exact) mass is 334 g/mol. The zero-order valence-corrected chi connectivity index (χ0v) is 12.5. The van der Waals surface area contributed by atoms with Crippen molar-refractivity contribution in [1.82, 2.24) is 0 Å².